The molecular weight excluding hydrogens is 252 g/mol. The van der Waals surface area contributed by atoms with E-state index in [9.17, 15) is 23.5 Å². The summed E-state index contributed by atoms with van der Waals surface area (Å²) in [5.41, 5.74) is -2.83. The van der Waals surface area contributed by atoms with E-state index >= 15 is 0 Å². The molecule has 0 radical (unpaired) electrons. The second-order valence-corrected chi connectivity index (χ2v) is 4.44. The summed E-state index contributed by atoms with van der Waals surface area (Å²) in [6.45, 7) is 4.06. The van der Waals surface area contributed by atoms with Crippen LogP contribution in [0.15, 0.2) is 0 Å². The molecule has 0 aliphatic carbocycles. The number of amides is 1. The maximum atomic E-state index is 13.2. The molecule has 0 aromatic rings. The van der Waals surface area contributed by atoms with E-state index in [1.165, 1.54) is 13.8 Å². The third-order valence-electron chi connectivity index (χ3n) is 2.11. The quantitative estimate of drug-likeness (QED) is 0.691. The third kappa shape index (κ3) is 4.44. The Morgan fingerprint density at radius 1 is 1.28 bits per heavy atom. The van der Waals surface area contributed by atoms with Crippen LogP contribution in [0.2, 0.25) is 0 Å². The number of carbonyl (C=O) groups is 2. The van der Waals surface area contributed by atoms with Crippen molar-refractivity contribution in [1.82, 2.24) is 5.32 Å². The maximum Gasteiger partial charge on any atom is 0.407 e. The van der Waals surface area contributed by atoms with Crippen molar-refractivity contribution in [2.75, 3.05) is 0 Å². The van der Waals surface area contributed by atoms with Crippen LogP contribution in [0.4, 0.5) is 13.6 Å². The van der Waals surface area contributed by atoms with Crippen LogP contribution in [0, 0.1) is 0 Å². The van der Waals surface area contributed by atoms with Crippen molar-refractivity contribution in [3.05, 3.63) is 0 Å². The fraction of sp³-hybridized carbons (Fsp3) is 0.800. The second-order valence-electron chi connectivity index (χ2n) is 4.44. The van der Waals surface area contributed by atoms with Gasteiger partial charge in [-0.1, -0.05) is 0 Å². The Hall–Kier alpha value is -1.44. The molecule has 0 rings (SSSR count). The molecule has 3 N–H and O–H groups in total. The van der Waals surface area contributed by atoms with Gasteiger partial charge in [0.05, 0.1) is 6.10 Å². The Balaban J connectivity index is 5.05. The van der Waals surface area contributed by atoms with E-state index in [0.29, 0.717) is 13.8 Å². The van der Waals surface area contributed by atoms with E-state index in [1.807, 2.05) is 0 Å². The largest absolute Gasteiger partial charge is 0.479 e. The van der Waals surface area contributed by atoms with Crippen LogP contribution in [0.5, 0.6) is 0 Å². The number of alkyl halides is 2. The van der Waals surface area contributed by atoms with Crippen LogP contribution in [-0.2, 0) is 9.53 Å². The van der Waals surface area contributed by atoms with Crippen molar-refractivity contribution >= 4 is 12.1 Å². The topological polar surface area (TPSA) is 95.9 Å². The van der Waals surface area contributed by atoms with E-state index in [1.54, 1.807) is 5.32 Å². The molecule has 6 nitrogen and oxygen atoms in total. The molecule has 18 heavy (non-hydrogen) atoms. The van der Waals surface area contributed by atoms with Crippen molar-refractivity contribution in [3.8, 4) is 0 Å². The van der Waals surface area contributed by atoms with E-state index < -0.39 is 35.7 Å². The Morgan fingerprint density at radius 3 is 2.00 bits per heavy atom. The predicted octanol–water partition coefficient (Wildman–Crippen LogP) is 0.980. The molecule has 8 heteroatoms. The molecule has 0 bridgehead atoms. The molecule has 0 aromatic heterocycles. The normalized spacial score (nSPS) is 16.9. The Labute approximate surface area is 103 Å². The number of ether oxygens (including phenoxy) is 1. The lowest BCUT2D eigenvalue weighted by Gasteiger charge is -2.33. The van der Waals surface area contributed by atoms with Gasteiger partial charge in [0.25, 0.3) is 5.92 Å². The minimum absolute atomic E-state index is 0.394. The molecule has 0 unspecified atom stereocenters. The minimum Gasteiger partial charge on any atom is -0.479 e. The van der Waals surface area contributed by atoms with Crippen LogP contribution in [-0.4, -0.2) is 45.9 Å². The highest BCUT2D eigenvalue weighted by Crippen LogP contribution is 2.26. The van der Waals surface area contributed by atoms with Gasteiger partial charge in [-0.3, -0.25) is 0 Å². The molecule has 0 aromatic carbocycles. The summed E-state index contributed by atoms with van der Waals surface area (Å²) < 4.78 is 31.1. The van der Waals surface area contributed by atoms with E-state index in [-0.39, 0.29) is 0 Å². The molecule has 2 atom stereocenters. The van der Waals surface area contributed by atoms with Gasteiger partial charge in [0.2, 0.25) is 0 Å². The summed E-state index contributed by atoms with van der Waals surface area (Å²) in [4.78, 5) is 21.9. The first-order valence-corrected chi connectivity index (χ1v) is 5.19. The number of nitrogens with one attached hydrogen (secondary N) is 1. The summed E-state index contributed by atoms with van der Waals surface area (Å²) in [6.07, 6.45) is -1.79. The average molecular weight is 269 g/mol. The second kappa shape index (κ2) is 5.47. The number of carboxylic acids is 1. The van der Waals surface area contributed by atoms with Crippen molar-refractivity contribution in [2.45, 2.75) is 51.4 Å². The zero-order valence-electron chi connectivity index (χ0n) is 10.5. The lowest BCUT2D eigenvalue weighted by atomic mass is 9.92. The fourth-order valence-electron chi connectivity index (χ4n) is 1.25. The molecule has 106 valence electrons. The van der Waals surface area contributed by atoms with E-state index in [0.717, 1.165) is 0 Å². The number of carboxylic acid groups (broad SMARTS) is 1. The summed E-state index contributed by atoms with van der Waals surface area (Å²) >= 11 is 0. The number of hydrogen-bond donors (Lipinski definition) is 3. The number of aliphatic carboxylic acids is 1. The molecule has 0 heterocycles. The standard InChI is InChI=1S/C10H17F2NO5/c1-5(2)18-8(16)13-6(10(4,11)12)9(3,17)7(14)15/h5-6,17H,1-4H3,(H,13,16)(H,14,15)/t6-,9-/m1/s1. The molecule has 0 fully saturated rings. The molecule has 0 saturated carbocycles. The van der Waals surface area contributed by atoms with Crippen LogP contribution >= 0.6 is 0 Å². The maximum absolute atomic E-state index is 13.2. The zero-order valence-corrected chi connectivity index (χ0v) is 10.5. The average Bonchev–Trinajstić information content (AvgIpc) is 2.10. The SMILES string of the molecule is CC(C)OC(=O)N[C@@H](C(C)(F)F)[C@@](C)(O)C(=O)O. The lowest BCUT2D eigenvalue weighted by Crippen LogP contribution is -2.62. The number of rotatable bonds is 5. The number of hydrogen-bond acceptors (Lipinski definition) is 4. The summed E-state index contributed by atoms with van der Waals surface area (Å²) in [6, 6.07) is -2.31. The Kier molecular flexibility index (Phi) is 5.03. The van der Waals surface area contributed by atoms with Gasteiger partial charge in [-0.05, 0) is 20.8 Å². The fourth-order valence-corrected chi connectivity index (χ4v) is 1.25. The highest BCUT2D eigenvalue weighted by molar-refractivity contribution is 5.79. The van der Waals surface area contributed by atoms with Gasteiger partial charge in [0.15, 0.2) is 5.60 Å². The summed E-state index contributed by atoms with van der Waals surface area (Å²) in [5.74, 6) is -5.52. The molecule has 0 spiro atoms. The Morgan fingerprint density at radius 2 is 1.72 bits per heavy atom. The highest BCUT2D eigenvalue weighted by Gasteiger charge is 2.52. The van der Waals surface area contributed by atoms with Gasteiger partial charge in [0, 0.05) is 6.92 Å². The highest BCUT2D eigenvalue weighted by atomic mass is 19.3. The number of halogens is 2. The van der Waals surface area contributed by atoms with Gasteiger partial charge >= 0.3 is 12.1 Å². The van der Waals surface area contributed by atoms with Crippen LogP contribution < -0.4 is 5.32 Å². The van der Waals surface area contributed by atoms with Crippen molar-refractivity contribution < 1.29 is 33.3 Å². The smallest absolute Gasteiger partial charge is 0.407 e. The van der Waals surface area contributed by atoms with Crippen LogP contribution in [0.1, 0.15) is 27.7 Å². The number of aliphatic hydroxyl groups is 1. The first-order valence-electron chi connectivity index (χ1n) is 5.19. The monoisotopic (exact) mass is 269 g/mol. The first-order chi connectivity index (χ1) is 7.89. The van der Waals surface area contributed by atoms with Gasteiger partial charge in [-0.2, -0.15) is 0 Å². The molecule has 1 amide bonds. The molecule has 0 aliphatic rings. The van der Waals surface area contributed by atoms with Crippen molar-refractivity contribution in [2.24, 2.45) is 0 Å². The number of alkyl carbamates (subject to hydrolysis) is 1. The van der Waals surface area contributed by atoms with Gasteiger partial charge in [-0.15, -0.1) is 0 Å². The molecular formula is C10H17F2NO5. The van der Waals surface area contributed by atoms with Crippen LogP contribution in [0.3, 0.4) is 0 Å². The first kappa shape index (κ1) is 16.6. The lowest BCUT2D eigenvalue weighted by molar-refractivity contribution is -0.171. The summed E-state index contributed by atoms with van der Waals surface area (Å²) in [7, 11) is 0. The molecule has 0 saturated heterocycles. The zero-order chi connectivity index (χ0) is 14.7. The minimum atomic E-state index is -3.64. The Bertz CT molecular complexity index is 325. The number of carbonyl (C=O) groups excluding carboxylic acids is 1. The van der Waals surface area contributed by atoms with E-state index in [2.05, 4.69) is 4.74 Å². The third-order valence-corrected chi connectivity index (χ3v) is 2.11. The van der Waals surface area contributed by atoms with Crippen molar-refractivity contribution in [1.29, 1.82) is 0 Å². The van der Waals surface area contributed by atoms with E-state index in [4.69, 9.17) is 5.11 Å². The summed E-state index contributed by atoms with van der Waals surface area (Å²) in [5, 5.41) is 19.9. The van der Waals surface area contributed by atoms with Crippen molar-refractivity contribution in [3.63, 3.8) is 0 Å². The van der Waals surface area contributed by atoms with Gasteiger partial charge in [-0.25, -0.2) is 18.4 Å². The molecule has 0 aliphatic heterocycles. The van der Waals surface area contributed by atoms with Gasteiger partial charge in [0.1, 0.15) is 6.04 Å². The predicted molar refractivity (Wildman–Crippen MR) is 57.4 cm³/mol. The van der Waals surface area contributed by atoms with Gasteiger partial charge < -0.3 is 20.3 Å². The van der Waals surface area contributed by atoms with Crippen LogP contribution in [0.25, 0.3) is 0 Å².